The molecule has 2 rings (SSSR count). The molecule has 3 nitrogen and oxygen atoms in total. The van der Waals surface area contributed by atoms with Crippen LogP contribution >= 0.6 is 27.7 Å². The van der Waals surface area contributed by atoms with Gasteiger partial charge in [0.25, 0.3) is 0 Å². The summed E-state index contributed by atoms with van der Waals surface area (Å²) in [6.45, 7) is 2.01. The van der Waals surface area contributed by atoms with Crippen LogP contribution in [0.5, 0.6) is 0 Å². The maximum absolute atomic E-state index is 6.07. The van der Waals surface area contributed by atoms with Crippen LogP contribution in [0.1, 0.15) is 17.7 Å². The highest BCUT2D eigenvalue weighted by Gasteiger charge is 2.20. The maximum atomic E-state index is 6.07. The van der Waals surface area contributed by atoms with E-state index in [2.05, 4.69) is 32.0 Å². The number of aromatic nitrogens is 2. The van der Waals surface area contributed by atoms with Gasteiger partial charge < -0.3 is 10.7 Å². The van der Waals surface area contributed by atoms with Crippen molar-refractivity contribution in [3.63, 3.8) is 0 Å². The van der Waals surface area contributed by atoms with Crippen molar-refractivity contribution in [1.29, 1.82) is 0 Å². The number of benzene rings is 1. The van der Waals surface area contributed by atoms with Crippen molar-refractivity contribution in [2.75, 3.05) is 0 Å². The molecule has 90 valence electrons. The topological polar surface area (TPSA) is 54.7 Å². The minimum atomic E-state index is 0.0452. The number of imidazole rings is 1. The van der Waals surface area contributed by atoms with Gasteiger partial charge in [0.1, 0.15) is 0 Å². The minimum absolute atomic E-state index is 0.0452. The van der Waals surface area contributed by atoms with Gasteiger partial charge in [0, 0.05) is 22.9 Å². The number of rotatable bonds is 4. The van der Waals surface area contributed by atoms with E-state index >= 15 is 0 Å². The number of hydrogen-bond donors (Lipinski definition) is 2. The fraction of sp³-hybridized carbons (Fsp3) is 0.250. The average molecular weight is 312 g/mol. The van der Waals surface area contributed by atoms with Crippen LogP contribution in [0.25, 0.3) is 0 Å². The Morgan fingerprint density at radius 1 is 1.41 bits per heavy atom. The largest absolute Gasteiger partial charge is 0.340 e. The first-order valence-electron chi connectivity index (χ1n) is 5.34. The zero-order chi connectivity index (χ0) is 12.3. The highest BCUT2D eigenvalue weighted by Crippen LogP contribution is 2.38. The summed E-state index contributed by atoms with van der Waals surface area (Å²) in [6.07, 6.45) is 3.57. The Kier molecular flexibility index (Phi) is 4.25. The molecule has 1 heterocycles. The lowest BCUT2D eigenvalue weighted by Crippen LogP contribution is -2.23. The Morgan fingerprint density at radius 3 is 2.76 bits per heavy atom. The number of aromatic amines is 1. The van der Waals surface area contributed by atoms with Gasteiger partial charge in [0.2, 0.25) is 0 Å². The number of thioether (sulfide) groups is 1. The molecule has 17 heavy (non-hydrogen) atoms. The fourth-order valence-corrected chi connectivity index (χ4v) is 3.32. The average Bonchev–Trinajstić information content (AvgIpc) is 2.79. The standard InChI is InChI=1S/C12H14BrN3S/c1-8(14)11(17-12-15-6-7-16-12)9-4-2-3-5-10(9)13/h2-8,11H,14H2,1H3,(H,15,16). The molecule has 0 fully saturated rings. The lowest BCUT2D eigenvalue weighted by molar-refractivity contribution is 0.717. The van der Waals surface area contributed by atoms with Gasteiger partial charge in [0.05, 0.1) is 5.25 Å². The number of nitrogens with zero attached hydrogens (tertiary/aromatic N) is 1. The fourth-order valence-electron chi connectivity index (χ4n) is 1.60. The molecule has 1 aromatic heterocycles. The molecule has 0 saturated carbocycles. The molecule has 3 N–H and O–H groups in total. The number of H-pyrrole nitrogens is 1. The first kappa shape index (κ1) is 12.7. The van der Waals surface area contributed by atoms with E-state index in [0.717, 1.165) is 9.63 Å². The van der Waals surface area contributed by atoms with Crippen LogP contribution in [0, 0.1) is 0 Å². The molecule has 0 aliphatic heterocycles. The Balaban J connectivity index is 2.27. The first-order valence-corrected chi connectivity index (χ1v) is 7.02. The Bertz CT molecular complexity index is 470. The van der Waals surface area contributed by atoms with E-state index in [4.69, 9.17) is 5.73 Å². The minimum Gasteiger partial charge on any atom is -0.340 e. The van der Waals surface area contributed by atoms with E-state index in [1.165, 1.54) is 5.56 Å². The predicted octanol–water partition coefficient (Wildman–Crippen LogP) is 3.35. The Labute approximate surface area is 113 Å². The van der Waals surface area contributed by atoms with Gasteiger partial charge >= 0.3 is 0 Å². The lowest BCUT2D eigenvalue weighted by atomic mass is 10.1. The molecule has 0 bridgehead atoms. The van der Waals surface area contributed by atoms with Crippen LogP contribution in [0.4, 0.5) is 0 Å². The molecule has 0 aliphatic rings. The molecule has 2 unspecified atom stereocenters. The normalized spacial score (nSPS) is 14.5. The van der Waals surface area contributed by atoms with Gasteiger partial charge in [-0.1, -0.05) is 45.9 Å². The Hall–Kier alpha value is -0.780. The quantitative estimate of drug-likeness (QED) is 0.851. The summed E-state index contributed by atoms with van der Waals surface area (Å²) < 4.78 is 1.08. The third-order valence-corrected chi connectivity index (χ3v) is 4.51. The predicted molar refractivity (Wildman–Crippen MR) is 75.0 cm³/mol. The summed E-state index contributed by atoms with van der Waals surface area (Å²) in [6, 6.07) is 8.20. The molecule has 0 amide bonds. The van der Waals surface area contributed by atoms with E-state index in [0.29, 0.717) is 0 Å². The van der Waals surface area contributed by atoms with Gasteiger partial charge in [-0.15, -0.1) is 0 Å². The lowest BCUT2D eigenvalue weighted by Gasteiger charge is -2.20. The second-order valence-electron chi connectivity index (χ2n) is 3.81. The Morgan fingerprint density at radius 2 is 2.18 bits per heavy atom. The van der Waals surface area contributed by atoms with E-state index in [-0.39, 0.29) is 11.3 Å². The van der Waals surface area contributed by atoms with Gasteiger partial charge in [-0.25, -0.2) is 4.98 Å². The maximum Gasteiger partial charge on any atom is 0.165 e. The summed E-state index contributed by atoms with van der Waals surface area (Å²) in [4.78, 5) is 7.32. The van der Waals surface area contributed by atoms with Crippen LogP contribution in [0.15, 0.2) is 46.3 Å². The molecule has 0 aliphatic carbocycles. The zero-order valence-corrected chi connectivity index (χ0v) is 11.8. The van der Waals surface area contributed by atoms with Crippen molar-refractivity contribution in [2.45, 2.75) is 23.4 Å². The second-order valence-corrected chi connectivity index (χ2v) is 5.80. The molecule has 0 spiro atoms. The highest BCUT2D eigenvalue weighted by molar-refractivity contribution is 9.10. The van der Waals surface area contributed by atoms with Crippen LogP contribution in [-0.2, 0) is 0 Å². The van der Waals surface area contributed by atoms with Crippen LogP contribution < -0.4 is 5.73 Å². The van der Waals surface area contributed by atoms with Crippen LogP contribution in [0.3, 0.4) is 0 Å². The van der Waals surface area contributed by atoms with E-state index < -0.39 is 0 Å². The summed E-state index contributed by atoms with van der Waals surface area (Å²) in [5, 5.41) is 1.07. The number of halogens is 1. The van der Waals surface area contributed by atoms with Crippen molar-refractivity contribution < 1.29 is 0 Å². The van der Waals surface area contributed by atoms with E-state index in [1.54, 1.807) is 18.0 Å². The number of nitrogens with two attached hydrogens (primary N) is 1. The van der Waals surface area contributed by atoms with Crippen molar-refractivity contribution in [1.82, 2.24) is 9.97 Å². The summed E-state index contributed by atoms with van der Waals surface area (Å²) in [7, 11) is 0. The van der Waals surface area contributed by atoms with Crippen molar-refractivity contribution >= 4 is 27.7 Å². The van der Waals surface area contributed by atoms with Gasteiger partial charge in [0.15, 0.2) is 5.16 Å². The summed E-state index contributed by atoms with van der Waals surface area (Å²) >= 11 is 5.22. The van der Waals surface area contributed by atoms with Gasteiger partial charge in [-0.3, -0.25) is 0 Å². The second kappa shape index (κ2) is 5.71. The van der Waals surface area contributed by atoms with Gasteiger partial charge in [-0.05, 0) is 18.6 Å². The van der Waals surface area contributed by atoms with E-state index in [9.17, 15) is 0 Å². The number of hydrogen-bond acceptors (Lipinski definition) is 3. The highest BCUT2D eigenvalue weighted by atomic mass is 79.9. The third-order valence-electron chi connectivity index (χ3n) is 2.40. The molecule has 0 saturated heterocycles. The summed E-state index contributed by atoms with van der Waals surface area (Å²) in [5.41, 5.74) is 7.27. The monoisotopic (exact) mass is 311 g/mol. The van der Waals surface area contributed by atoms with Crippen LogP contribution in [-0.4, -0.2) is 16.0 Å². The molecule has 0 radical (unpaired) electrons. The van der Waals surface area contributed by atoms with Crippen molar-refractivity contribution in [2.24, 2.45) is 5.73 Å². The first-order chi connectivity index (χ1) is 8.18. The molecular formula is C12H14BrN3S. The molecular weight excluding hydrogens is 298 g/mol. The van der Waals surface area contributed by atoms with Crippen molar-refractivity contribution in [3.8, 4) is 0 Å². The summed E-state index contributed by atoms with van der Waals surface area (Å²) in [5.74, 6) is 0. The number of nitrogens with one attached hydrogen (secondary N) is 1. The molecule has 1 aromatic carbocycles. The SMILES string of the molecule is CC(N)C(Sc1ncc[nH]1)c1ccccc1Br. The smallest absolute Gasteiger partial charge is 0.165 e. The molecule has 2 atom stereocenters. The third kappa shape index (κ3) is 3.12. The van der Waals surface area contributed by atoms with Crippen LogP contribution in [0.2, 0.25) is 0 Å². The molecule has 5 heteroatoms. The molecule has 2 aromatic rings. The van der Waals surface area contributed by atoms with E-state index in [1.807, 2.05) is 31.3 Å². The zero-order valence-electron chi connectivity index (χ0n) is 9.43. The van der Waals surface area contributed by atoms with Gasteiger partial charge in [-0.2, -0.15) is 0 Å². The van der Waals surface area contributed by atoms with Crippen molar-refractivity contribution in [3.05, 3.63) is 46.7 Å².